The van der Waals surface area contributed by atoms with Crippen molar-refractivity contribution < 1.29 is 28.9 Å². The van der Waals surface area contributed by atoms with Gasteiger partial charge in [-0.15, -0.1) is 0 Å². The average Bonchev–Trinajstić information content (AvgIpc) is 2.56. The van der Waals surface area contributed by atoms with Crippen LogP contribution in [0.3, 0.4) is 0 Å². The fourth-order valence-corrected chi connectivity index (χ4v) is 1.82. The number of hydrogen-bond donors (Lipinski definition) is 1. The van der Waals surface area contributed by atoms with E-state index in [1.54, 1.807) is 43.5 Å². The number of carboxylic acids is 1. The lowest BCUT2D eigenvalue weighted by Crippen LogP contribution is -2.11. The van der Waals surface area contributed by atoms with Crippen molar-refractivity contribution in [2.75, 3.05) is 20.3 Å². The Morgan fingerprint density at radius 3 is 2.35 bits per heavy atom. The molecule has 0 saturated carbocycles. The van der Waals surface area contributed by atoms with Crippen LogP contribution in [0.5, 0.6) is 11.5 Å². The molecule has 0 bridgehead atoms. The summed E-state index contributed by atoms with van der Waals surface area (Å²) in [4.78, 5) is 23.2. The van der Waals surface area contributed by atoms with Crippen molar-refractivity contribution in [3.05, 3.63) is 59.7 Å². The van der Waals surface area contributed by atoms with E-state index in [9.17, 15) is 9.59 Å². The number of carbonyl (C=O) groups excluding carboxylic acids is 1. The molecular weight excluding hydrogens is 300 g/mol. The minimum absolute atomic E-state index is 0.00502. The number of rotatable bonds is 7. The van der Waals surface area contributed by atoms with Crippen molar-refractivity contribution in [2.24, 2.45) is 0 Å². The molecular formula is C17H16O6. The van der Waals surface area contributed by atoms with E-state index in [4.69, 9.17) is 19.3 Å². The molecule has 0 aliphatic rings. The molecule has 0 radical (unpaired) electrons. The Morgan fingerprint density at radius 2 is 1.70 bits per heavy atom. The van der Waals surface area contributed by atoms with Gasteiger partial charge in [0.2, 0.25) is 0 Å². The van der Waals surface area contributed by atoms with Crippen LogP contribution in [0.25, 0.3) is 0 Å². The zero-order chi connectivity index (χ0) is 16.7. The van der Waals surface area contributed by atoms with Crippen LogP contribution >= 0.6 is 0 Å². The summed E-state index contributed by atoms with van der Waals surface area (Å²) < 4.78 is 15.4. The molecule has 0 aliphatic heterocycles. The largest absolute Gasteiger partial charge is 0.491 e. The predicted octanol–water partition coefficient (Wildman–Crippen LogP) is 2.63. The number of hydrogen-bond acceptors (Lipinski definition) is 5. The third-order valence-electron chi connectivity index (χ3n) is 2.97. The number of ether oxygens (including phenoxy) is 3. The Bertz CT molecular complexity index is 678. The van der Waals surface area contributed by atoms with Crippen molar-refractivity contribution in [1.29, 1.82) is 0 Å². The molecule has 2 aromatic carbocycles. The first kappa shape index (κ1) is 16.5. The van der Waals surface area contributed by atoms with Crippen molar-refractivity contribution in [3.63, 3.8) is 0 Å². The molecule has 0 spiro atoms. The number of methoxy groups -OCH3 is 1. The van der Waals surface area contributed by atoms with Gasteiger partial charge in [0.15, 0.2) is 0 Å². The normalized spacial score (nSPS) is 10.1. The third-order valence-corrected chi connectivity index (χ3v) is 2.97. The Labute approximate surface area is 133 Å². The number of para-hydroxylation sites is 1. The third kappa shape index (κ3) is 4.55. The number of carbonyl (C=O) groups is 2. The molecule has 0 fully saturated rings. The van der Waals surface area contributed by atoms with Crippen molar-refractivity contribution >= 4 is 11.9 Å². The van der Waals surface area contributed by atoms with E-state index in [1.165, 1.54) is 12.1 Å². The lowest BCUT2D eigenvalue weighted by atomic mass is 10.2. The molecule has 0 aliphatic carbocycles. The summed E-state index contributed by atoms with van der Waals surface area (Å²) in [6.07, 6.45) is 0. The first-order valence-electron chi connectivity index (χ1n) is 6.88. The maximum atomic E-state index is 12.1. The van der Waals surface area contributed by atoms with Gasteiger partial charge in [0, 0.05) is 7.11 Å². The van der Waals surface area contributed by atoms with E-state index in [2.05, 4.69) is 0 Å². The summed E-state index contributed by atoms with van der Waals surface area (Å²) in [6.45, 7) is 0.877. The SMILES string of the molecule is COCCOc1ccc(C(=O)Oc2ccccc2C(=O)O)cc1. The molecule has 0 saturated heterocycles. The number of carboxylic acid groups (broad SMARTS) is 1. The highest BCUT2D eigenvalue weighted by molar-refractivity contribution is 5.95. The first-order chi connectivity index (χ1) is 11.1. The fraction of sp³-hybridized carbons (Fsp3) is 0.176. The highest BCUT2D eigenvalue weighted by Crippen LogP contribution is 2.20. The molecule has 2 aromatic rings. The van der Waals surface area contributed by atoms with Crippen LogP contribution in [0.2, 0.25) is 0 Å². The summed E-state index contributed by atoms with van der Waals surface area (Å²) >= 11 is 0. The van der Waals surface area contributed by atoms with Gasteiger partial charge in [0.1, 0.15) is 23.7 Å². The second-order valence-electron chi connectivity index (χ2n) is 4.56. The van der Waals surface area contributed by atoms with E-state index in [1.807, 2.05) is 0 Å². The van der Waals surface area contributed by atoms with Gasteiger partial charge in [-0.05, 0) is 36.4 Å². The summed E-state index contributed by atoms with van der Waals surface area (Å²) in [6, 6.07) is 12.3. The summed E-state index contributed by atoms with van der Waals surface area (Å²) in [5.74, 6) is -1.19. The minimum atomic E-state index is -1.16. The van der Waals surface area contributed by atoms with Gasteiger partial charge in [-0.2, -0.15) is 0 Å². The summed E-state index contributed by atoms with van der Waals surface area (Å²) in [5.41, 5.74) is 0.227. The molecule has 120 valence electrons. The van der Waals surface area contributed by atoms with Gasteiger partial charge >= 0.3 is 11.9 Å². The van der Waals surface area contributed by atoms with Gasteiger partial charge in [0.25, 0.3) is 0 Å². The topological polar surface area (TPSA) is 82.1 Å². The first-order valence-corrected chi connectivity index (χ1v) is 6.88. The van der Waals surface area contributed by atoms with Gasteiger partial charge in [-0.3, -0.25) is 0 Å². The molecule has 0 atom stereocenters. The minimum Gasteiger partial charge on any atom is -0.491 e. The van der Waals surface area contributed by atoms with Gasteiger partial charge in [-0.25, -0.2) is 9.59 Å². The molecule has 0 heterocycles. The molecule has 6 nitrogen and oxygen atoms in total. The number of esters is 1. The predicted molar refractivity (Wildman–Crippen MR) is 82.2 cm³/mol. The summed E-state index contributed by atoms with van der Waals surface area (Å²) in [7, 11) is 1.58. The molecule has 1 N–H and O–H groups in total. The van der Waals surface area contributed by atoms with Crippen LogP contribution in [0.1, 0.15) is 20.7 Å². The zero-order valence-corrected chi connectivity index (χ0v) is 12.5. The Morgan fingerprint density at radius 1 is 1.00 bits per heavy atom. The zero-order valence-electron chi connectivity index (χ0n) is 12.5. The average molecular weight is 316 g/mol. The second-order valence-corrected chi connectivity index (χ2v) is 4.56. The van der Waals surface area contributed by atoms with Crippen LogP contribution in [-0.2, 0) is 4.74 Å². The van der Waals surface area contributed by atoms with Crippen LogP contribution < -0.4 is 9.47 Å². The van der Waals surface area contributed by atoms with Crippen molar-refractivity contribution in [3.8, 4) is 11.5 Å². The molecule has 0 unspecified atom stereocenters. The highest BCUT2D eigenvalue weighted by atomic mass is 16.5. The fourth-order valence-electron chi connectivity index (χ4n) is 1.82. The van der Waals surface area contributed by atoms with E-state index in [-0.39, 0.29) is 11.3 Å². The van der Waals surface area contributed by atoms with Crippen molar-refractivity contribution in [2.45, 2.75) is 0 Å². The Kier molecular flexibility index (Phi) is 5.71. The van der Waals surface area contributed by atoms with Gasteiger partial charge in [0.05, 0.1) is 12.2 Å². The quantitative estimate of drug-likeness (QED) is 0.480. The monoisotopic (exact) mass is 316 g/mol. The highest BCUT2D eigenvalue weighted by Gasteiger charge is 2.15. The Balaban J connectivity index is 2.05. The smallest absolute Gasteiger partial charge is 0.343 e. The molecule has 0 aromatic heterocycles. The number of benzene rings is 2. The van der Waals surface area contributed by atoms with E-state index in [0.717, 1.165) is 0 Å². The molecule has 23 heavy (non-hydrogen) atoms. The van der Waals surface area contributed by atoms with Crippen LogP contribution in [0, 0.1) is 0 Å². The van der Waals surface area contributed by atoms with E-state index >= 15 is 0 Å². The second kappa shape index (κ2) is 7.95. The molecule has 6 heteroatoms. The van der Waals surface area contributed by atoms with Crippen LogP contribution in [0.15, 0.2) is 48.5 Å². The van der Waals surface area contributed by atoms with Crippen LogP contribution in [0.4, 0.5) is 0 Å². The Hall–Kier alpha value is -2.86. The van der Waals surface area contributed by atoms with Crippen LogP contribution in [-0.4, -0.2) is 37.4 Å². The maximum absolute atomic E-state index is 12.1. The maximum Gasteiger partial charge on any atom is 0.343 e. The lowest BCUT2D eigenvalue weighted by molar-refractivity contribution is 0.0681. The van der Waals surface area contributed by atoms with E-state index < -0.39 is 11.9 Å². The van der Waals surface area contributed by atoms with E-state index in [0.29, 0.717) is 24.5 Å². The molecule has 0 amide bonds. The lowest BCUT2D eigenvalue weighted by Gasteiger charge is -2.08. The molecule has 2 rings (SSSR count). The summed E-state index contributed by atoms with van der Waals surface area (Å²) in [5, 5.41) is 9.07. The standard InChI is InChI=1S/C17H16O6/c1-21-10-11-22-13-8-6-12(7-9-13)17(20)23-15-5-3-2-4-14(15)16(18)19/h2-9H,10-11H2,1H3,(H,18,19). The van der Waals surface area contributed by atoms with Gasteiger partial charge in [-0.1, -0.05) is 12.1 Å². The van der Waals surface area contributed by atoms with Gasteiger partial charge < -0.3 is 19.3 Å². The van der Waals surface area contributed by atoms with Crippen molar-refractivity contribution in [1.82, 2.24) is 0 Å². The number of aromatic carboxylic acids is 1.